The van der Waals surface area contributed by atoms with E-state index < -0.39 is 4.92 Å². The van der Waals surface area contributed by atoms with Gasteiger partial charge in [-0.3, -0.25) is 10.1 Å². The van der Waals surface area contributed by atoms with Gasteiger partial charge in [0.15, 0.2) is 0 Å². The highest BCUT2D eigenvalue weighted by atomic mass is 16.6. The molecule has 1 atom stereocenters. The van der Waals surface area contributed by atoms with Crippen LogP contribution in [0.5, 0.6) is 0 Å². The highest BCUT2D eigenvalue weighted by Gasteiger charge is 2.31. The third-order valence-electron chi connectivity index (χ3n) is 4.96. The van der Waals surface area contributed by atoms with Crippen molar-refractivity contribution in [3.63, 3.8) is 0 Å². The summed E-state index contributed by atoms with van der Waals surface area (Å²) in [7, 11) is 0. The van der Waals surface area contributed by atoms with Gasteiger partial charge < -0.3 is 15.1 Å². The maximum atomic E-state index is 12.6. The Kier molecular flexibility index (Phi) is 4.99. The molecule has 2 aliphatic heterocycles. The Morgan fingerprint density at radius 3 is 2.75 bits per heavy atom. The fourth-order valence-electron chi connectivity index (χ4n) is 3.64. The van der Waals surface area contributed by atoms with E-state index in [2.05, 4.69) is 10.2 Å². The number of nitrogens with zero attached hydrogens (tertiary/aromatic N) is 3. The molecule has 0 aromatic heterocycles. The summed E-state index contributed by atoms with van der Waals surface area (Å²) in [6.45, 7) is 5.61. The van der Waals surface area contributed by atoms with E-state index in [0.717, 1.165) is 39.0 Å². The highest BCUT2D eigenvalue weighted by Crippen LogP contribution is 2.25. The normalized spacial score (nSPS) is 21.2. The first-order chi connectivity index (χ1) is 11.5. The summed E-state index contributed by atoms with van der Waals surface area (Å²) in [5.41, 5.74) is 1.10. The third-order valence-corrected chi connectivity index (χ3v) is 4.96. The summed E-state index contributed by atoms with van der Waals surface area (Å²) in [6, 6.07) is 4.89. The van der Waals surface area contributed by atoms with Gasteiger partial charge in [-0.15, -0.1) is 0 Å². The quantitative estimate of drug-likeness (QED) is 0.679. The molecule has 0 bridgehead atoms. The largest absolute Gasteiger partial charge is 0.322 e. The zero-order chi connectivity index (χ0) is 17.1. The number of benzene rings is 1. The van der Waals surface area contributed by atoms with Gasteiger partial charge in [-0.1, -0.05) is 6.07 Å². The molecule has 0 unspecified atom stereocenters. The molecule has 3 rings (SSSR count). The molecular formula is C17H24N4O3. The maximum absolute atomic E-state index is 12.6. The minimum atomic E-state index is -0.420. The Morgan fingerprint density at radius 2 is 2.04 bits per heavy atom. The summed E-state index contributed by atoms with van der Waals surface area (Å²) in [5.74, 6) is 0. The Balaban J connectivity index is 1.65. The van der Waals surface area contributed by atoms with Crippen molar-refractivity contribution in [3.05, 3.63) is 33.9 Å². The van der Waals surface area contributed by atoms with Crippen molar-refractivity contribution in [1.29, 1.82) is 0 Å². The van der Waals surface area contributed by atoms with Crippen molar-refractivity contribution in [2.24, 2.45) is 0 Å². The predicted molar refractivity (Wildman–Crippen MR) is 92.3 cm³/mol. The molecule has 1 aromatic rings. The van der Waals surface area contributed by atoms with Crippen molar-refractivity contribution in [2.45, 2.75) is 38.6 Å². The number of carbonyl (C=O) groups excluding carboxylic acids is 1. The van der Waals surface area contributed by atoms with Crippen LogP contribution in [0, 0.1) is 17.0 Å². The topological polar surface area (TPSA) is 78.7 Å². The third kappa shape index (κ3) is 3.67. The van der Waals surface area contributed by atoms with Crippen LogP contribution >= 0.6 is 0 Å². The van der Waals surface area contributed by atoms with E-state index in [4.69, 9.17) is 0 Å². The highest BCUT2D eigenvalue weighted by molar-refractivity contribution is 5.90. The summed E-state index contributed by atoms with van der Waals surface area (Å²) >= 11 is 0. The van der Waals surface area contributed by atoms with Gasteiger partial charge in [-0.25, -0.2) is 4.79 Å². The first-order valence-corrected chi connectivity index (χ1v) is 8.59. The van der Waals surface area contributed by atoms with Crippen LogP contribution in [-0.2, 0) is 0 Å². The average molecular weight is 332 g/mol. The zero-order valence-electron chi connectivity index (χ0n) is 14.0. The Labute approximate surface area is 141 Å². The van der Waals surface area contributed by atoms with Gasteiger partial charge in [0.1, 0.15) is 0 Å². The fourth-order valence-corrected chi connectivity index (χ4v) is 3.64. The van der Waals surface area contributed by atoms with E-state index in [9.17, 15) is 14.9 Å². The number of urea groups is 1. The van der Waals surface area contributed by atoms with Crippen LogP contribution in [0.3, 0.4) is 0 Å². The van der Waals surface area contributed by atoms with Crippen molar-refractivity contribution >= 4 is 17.4 Å². The van der Waals surface area contributed by atoms with Crippen LogP contribution in [0.1, 0.15) is 31.2 Å². The van der Waals surface area contributed by atoms with Gasteiger partial charge in [-0.05, 0) is 51.8 Å². The van der Waals surface area contributed by atoms with Crippen LogP contribution < -0.4 is 5.32 Å². The van der Waals surface area contributed by atoms with Crippen LogP contribution in [-0.4, -0.2) is 53.0 Å². The van der Waals surface area contributed by atoms with Crippen LogP contribution in [0.2, 0.25) is 0 Å². The van der Waals surface area contributed by atoms with Gasteiger partial charge >= 0.3 is 6.03 Å². The molecule has 0 radical (unpaired) electrons. The lowest BCUT2D eigenvalue weighted by atomic mass is 10.2. The first kappa shape index (κ1) is 16.7. The molecule has 2 amide bonds. The van der Waals surface area contributed by atoms with E-state index >= 15 is 0 Å². The minimum absolute atomic E-state index is 0.0304. The molecule has 1 N–H and O–H groups in total. The number of hydrogen-bond donors (Lipinski definition) is 1. The minimum Gasteiger partial charge on any atom is -0.320 e. The number of aryl methyl sites for hydroxylation is 1. The maximum Gasteiger partial charge on any atom is 0.322 e. The summed E-state index contributed by atoms with van der Waals surface area (Å²) in [4.78, 5) is 27.5. The lowest BCUT2D eigenvalue weighted by molar-refractivity contribution is -0.385. The fraction of sp³-hybridized carbons (Fsp3) is 0.588. The van der Waals surface area contributed by atoms with Crippen molar-refractivity contribution in [2.75, 3.05) is 31.5 Å². The van der Waals surface area contributed by atoms with Crippen molar-refractivity contribution in [1.82, 2.24) is 9.80 Å². The number of amides is 2. The molecule has 2 heterocycles. The van der Waals surface area contributed by atoms with Crippen LogP contribution in [0.25, 0.3) is 0 Å². The number of nitrogens with one attached hydrogen (secondary N) is 1. The van der Waals surface area contributed by atoms with Gasteiger partial charge in [0.2, 0.25) is 0 Å². The van der Waals surface area contributed by atoms with Gasteiger partial charge in [0.25, 0.3) is 5.69 Å². The molecule has 24 heavy (non-hydrogen) atoms. The number of likely N-dealkylation sites (tertiary alicyclic amines) is 2. The number of carbonyl (C=O) groups is 1. The van der Waals surface area contributed by atoms with Gasteiger partial charge in [-0.2, -0.15) is 0 Å². The molecule has 7 nitrogen and oxygen atoms in total. The Hall–Kier alpha value is -2.15. The summed E-state index contributed by atoms with van der Waals surface area (Å²) in [6.07, 6.45) is 4.52. The number of nitro benzene ring substituents is 1. The van der Waals surface area contributed by atoms with E-state index in [-0.39, 0.29) is 17.8 Å². The standard InChI is InChI=1S/C17H24N4O3/c1-13-6-7-14(11-16(13)21(23)24)18-17(22)20-10-4-5-15(20)12-19-8-2-3-9-19/h6-7,11,15H,2-5,8-10,12H2,1H3,(H,18,22)/t15-/m0/s1. The zero-order valence-corrected chi connectivity index (χ0v) is 14.0. The number of hydrogen-bond acceptors (Lipinski definition) is 4. The summed E-state index contributed by atoms with van der Waals surface area (Å²) in [5, 5.41) is 13.9. The number of nitro groups is 1. The molecule has 7 heteroatoms. The molecule has 0 saturated carbocycles. The second-order valence-corrected chi connectivity index (χ2v) is 6.69. The van der Waals surface area contributed by atoms with Crippen LogP contribution in [0.15, 0.2) is 18.2 Å². The van der Waals surface area contributed by atoms with E-state index in [1.807, 2.05) is 4.90 Å². The van der Waals surface area contributed by atoms with Crippen molar-refractivity contribution < 1.29 is 9.72 Å². The second-order valence-electron chi connectivity index (χ2n) is 6.69. The molecule has 130 valence electrons. The van der Waals surface area contributed by atoms with E-state index in [0.29, 0.717) is 11.3 Å². The lowest BCUT2D eigenvalue weighted by Crippen LogP contribution is -2.44. The van der Waals surface area contributed by atoms with Crippen LogP contribution in [0.4, 0.5) is 16.2 Å². The van der Waals surface area contributed by atoms with Gasteiger partial charge in [0.05, 0.1) is 4.92 Å². The Morgan fingerprint density at radius 1 is 1.29 bits per heavy atom. The predicted octanol–water partition coefficient (Wildman–Crippen LogP) is 3.00. The van der Waals surface area contributed by atoms with E-state index in [1.165, 1.54) is 18.9 Å². The molecular weight excluding hydrogens is 308 g/mol. The molecule has 2 saturated heterocycles. The number of rotatable bonds is 4. The van der Waals surface area contributed by atoms with Gasteiger partial charge in [0, 0.05) is 36.4 Å². The molecule has 0 aliphatic carbocycles. The smallest absolute Gasteiger partial charge is 0.320 e. The lowest BCUT2D eigenvalue weighted by Gasteiger charge is -2.28. The second kappa shape index (κ2) is 7.17. The first-order valence-electron chi connectivity index (χ1n) is 8.59. The molecule has 1 aromatic carbocycles. The van der Waals surface area contributed by atoms with Crippen molar-refractivity contribution in [3.8, 4) is 0 Å². The molecule has 2 fully saturated rings. The molecule has 2 aliphatic rings. The Bertz CT molecular complexity index is 628. The molecule has 0 spiro atoms. The summed E-state index contributed by atoms with van der Waals surface area (Å²) < 4.78 is 0. The SMILES string of the molecule is Cc1ccc(NC(=O)N2CCC[C@H]2CN2CCCC2)cc1[N+](=O)[O-]. The monoisotopic (exact) mass is 332 g/mol. The average Bonchev–Trinajstić information content (AvgIpc) is 3.21. The van der Waals surface area contributed by atoms with E-state index in [1.54, 1.807) is 19.1 Å². The number of anilines is 1.